The summed E-state index contributed by atoms with van der Waals surface area (Å²) in [7, 11) is 1.86. The Labute approximate surface area is 102 Å². The molecule has 0 saturated heterocycles. The molecule has 1 heterocycles. The van der Waals surface area contributed by atoms with E-state index in [1.165, 1.54) is 0 Å². The number of aromatic nitrogens is 3. The van der Waals surface area contributed by atoms with Crippen LogP contribution in [0.4, 0.5) is 0 Å². The van der Waals surface area contributed by atoms with Gasteiger partial charge in [0.25, 0.3) is 0 Å². The number of hydrogen-bond acceptors (Lipinski definition) is 3. The molecular formula is C11H12BrN3O. The highest BCUT2D eigenvalue weighted by atomic mass is 79.9. The van der Waals surface area contributed by atoms with Gasteiger partial charge in [-0.1, -0.05) is 28.1 Å². The minimum Gasteiger partial charge on any atom is -0.388 e. The average molecular weight is 282 g/mol. The lowest BCUT2D eigenvalue weighted by Gasteiger charge is -2.10. The van der Waals surface area contributed by atoms with Crippen molar-refractivity contribution in [3.63, 3.8) is 0 Å². The molecule has 1 aromatic carbocycles. The first kappa shape index (κ1) is 11.3. The Morgan fingerprint density at radius 2 is 2.31 bits per heavy atom. The lowest BCUT2D eigenvalue weighted by molar-refractivity contribution is 0.174. The molecule has 0 aliphatic carbocycles. The van der Waals surface area contributed by atoms with Crippen LogP contribution in [0.2, 0.25) is 0 Å². The summed E-state index contributed by atoms with van der Waals surface area (Å²) in [4.78, 5) is 0. The van der Waals surface area contributed by atoms with Gasteiger partial charge in [0.2, 0.25) is 0 Å². The normalized spacial score (nSPS) is 12.7. The molecule has 1 unspecified atom stereocenters. The van der Waals surface area contributed by atoms with E-state index >= 15 is 0 Å². The largest absolute Gasteiger partial charge is 0.388 e. The fraction of sp³-hybridized carbons (Fsp3) is 0.273. The summed E-state index contributed by atoms with van der Waals surface area (Å²) < 4.78 is 2.77. The molecule has 0 fully saturated rings. The molecule has 1 aromatic heterocycles. The van der Waals surface area contributed by atoms with E-state index in [2.05, 4.69) is 26.1 Å². The van der Waals surface area contributed by atoms with E-state index in [0.29, 0.717) is 6.42 Å². The SMILES string of the molecule is Cn1cnnc1CC(O)c1cccc(Br)c1. The zero-order chi connectivity index (χ0) is 11.5. The summed E-state index contributed by atoms with van der Waals surface area (Å²) in [5.74, 6) is 0.771. The summed E-state index contributed by atoms with van der Waals surface area (Å²) in [5, 5.41) is 17.8. The highest BCUT2D eigenvalue weighted by Gasteiger charge is 2.12. The molecule has 2 aromatic rings. The molecule has 0 bridgehead atoms. The van der Waals surface area contributed by atoms with Gasteiger partial charge in [0.05, 0.1) is 6.10 Å². The topological polar surface area (TPSA) is 50.9 Å². The van der Waals surface area contributed by atoms with E-state index in [0.717, 1.165) is 15.9 Å². The van der Waals surface area contributed by atoms with Gasteiger partial charge in [-0.05, 0) is 17.7 Å². The van der Waals surface area contributed by atoms with E-state index in [-0.39, 0.29) is 0 Å². The van der Waals surface area contributed by atoms with Crippen molar-refractivity contribution in [3.8, 4) is 0 Å². The van der Waals surface area contributed by atoms with E-state index in [9.17, 15) is 5.11 Å². The van der Waals surface area contributed by atoms with Crippen molar-refractivity contribution in [1.82, 2.24) is 14.8 Å². The van der Waals surface area contributed by atoms with E-state index in [1.54, 1.807) is 10.9 Å². The first-order chi connectivity index (χ1) is 7.66. The van der Waals surface area contributed by atoms with Crippen molar-refractivity contribution in [3.05, 3.63) is 46.5 Å². The molecule has 0 radical (unpaired) electrons. The summed E-state index contributed by atoms with van der Waals surface area (Å²) in [6.07, 6.45) is 1.54. The Balaban J connectivity index is 2.14. The number of rotatable bonds is 3. The second-order valence-corrected chi connectivity index (χ2v) is 4.55. The summed E-state index contributed by atoms with van der Waals surface area (Å²) >= 11 is 3.38. The fourth-order valence-electron chi connectivity index (χ4n) is 1.50. The quantitative estimate of drug-likeness (QED) is 0.934. The number of aryl methyl sites for hydroxylation is 1. The number of benzene rings is 1. The highest BCUT2D eigenvalue weighted by molar-refractivity contribution is 9.10. The molecule has 2 rings (SSSR count). The zero-order valence-corrected chi connectivity index (χ0v) is 10.4. The minimum atomic E-state index is -0.555. The smallest absolute Gasteiger partial charge is 0.135 e. The van der Waals surface area contributed by atoms with E-state index in [1.807, 2.05) is 31.3 Å². The van der Waals surface area contributed by atoms with Crippen LogP contribution in [-0.2, 0) is 13.5 Å². The Morgan fingerprint density at radius 1 is 1.50 bits per heavy atom. The molecule has 16 heavy (non-hydrogen) atoms. The molecule has 1 N–H and O–H groups in total. The predicted octanol–water partition coefficient (Wildman–Crippen LogP) is 1.85. The van der Waals surface area contributed by atoms with Gasteiger partial charge in [-0.3, -0.25) is 0 Å². The van der Waals surface area contributed by atoms with E-state index in [4.69, 9.17) is 0 Å². The van der Waals surface area contributed by atoms with Gasteiger partial charge in [0, 0.05) is 17.9 Å². The average Bonchev–Trinajstić information content (AvgIpc) is 2.64. The molecule has 0 saturated carbocycles. The molecule has 84 valence electrons. The van der Waals surface area contributed by atoms with Crippen LogP contribution < -0.4 is 0 Å². The third kappa shape index (κ3) is 2.48. The summed E-state index contributed by atoms with van der Waals surface area (Å²) in [6, 6.07) is 7.63. The van der Waals surface area contributed by atoms with Crippen LogP contribution in [0.3, 0.4) is 0 Å². The van der Waals surface area contributed by atoms with Gasteiger partial charge in [-0.25, -0.2) is 0 Å². The van der Waals surface area contributed by atoms with Crippen LogP contribution in [0.5, 0.6) is 0 Å². The van der Waals surface area contributed by atoms with Crippen LogP contribution in [-0.4, -0.2) is 19.9 Å². The van der Waals surface area contributed by atoms with Crippen LogP contribution in [0.1, 0.15) is 17.5 Å². The number of hydrogen-bond donors (Lipinski definition) is 1. The van der Waals surface area contributed by atoms with Crippen molar-refractivity contribution in [2.24, 2.45) is 7.05 Å². The highest BCUT2D eigenvalue weighted by Crippen LogP contribution is 2.20. The van der Waals surface area contributed by atoms with Gasteiger partial charge >= 0.3 is 0 Å². The second kappa shape index (κ2) is 4.76. The number of aliphatic hydroxyl groups excluding tert-OH is 1. The van der Waals surface area contributed by atoms with Crippen LogP contribution in [0, 0.1) is 0 Å². The molecule has 0 aliphatic heterocycles. The van der Waals surface area contributed by atoms with Crippen molar-refractivity contribution in [2.75, 3.05) is 0 Å². The summed E-state index contributed by atoms with van der Waals surface area (Å²) in [6.45, 7) is 0. The molecule has 0 spiro atoms. The molecule has 1 atom stereocenters. The molecule has 0 aliphatic rings. The third-order valence-corrected chi connectivity index (χ3v) is 2.91. The van der Waals surface area contributed by atoms with Crippen LogP contribution in [0.15, 0.2) is 35.1 Å². The fourth-order valence-corrected chi connectivity index (χ4v) is 1.91. The van der Waals surface area contributed by atoms with Crippen molar-refractivity contribution >= 4 is 15.9 Å². The van der Waals surface area contributed by atoms with Gasteiger partial charge in [-0.15, -0.1) is 10.2 Å². The van der Waals surface area contributed by atoms with Crippen LogP contribution in [0.25, 0.3) is 0 Å². The standard InChI is InChI=1S/C11H12BrN3O/c1-15-7-13-14-11(15)6-10(16)8-3-2-4-9(12)5-8/h2-5,7,10,16H,6H2,1H3. The lowest BCUT2D eigenvalue weighted by Crippen LogP contribution is -2.06. The maximum Gasteiger partial charge on any atom is 0.135 e. The predicted molar refractivity (Wildman–Crippen MR) is 63.8 cm³/mol. The minimum absolute atomic E-state index is 0.465. The molecule has 4 nitrogen and oxygen atoms in total. The number of aliphatic hydroxyl groups is 1. The van der Waals surface area contributed by atoms with E-state index < -0.39 is 6.10 Å². The van der Waals surface area contributed by atoms with Crippen molar-refractivity contribution in [1.29, 1.82) is 0 Å². The monoisotopic (exact) mass is 281 g/mol. The second-order valence-electron chi connectivity index (χ2n) is 3.63. The molecule has 0 amide bonds. The van der Waals surface area contributed by atoms with Crippen LogP contribution >= 0.6 is 15.9 Å². The number of halogens is 1. The summed E-state index contributed by atoms with van der Waals surface area (Å²) in [5.41, 5.74) is 0.873. The van der Waals surface area contributed by atoms with Gasteiger partial charge < -0.3 is 9.67 Å². The lowest BCUT2D eigenvalue weighted by atomic mass is 10.1. The Morgan fingerprint density at radius 3 is 2.94 bits per heavy atom. The Hall–Kier alpha value is -1.20. The Bertz CT molecular complexity index is 484. The van der Waals surface area contributed by atoms with Gasteiger partial charge in [0.1, 0.15) is 12.2 Å². The molecule has 5 heteroatoms. The number of nitrogens with zero attached hydrogens (tertiary/aromatic N) is 3. The zero-order valence-electron chi connectivity index (χ0n) is 8.84. The Kier molecular flexibility index (Phi) is 3.36. The maximum absolute atomic E-state index is 10.0. The maximum atomic E-state index is 10.0. The first-order valence-electron chi connectivity index (χ1n) is 4.93. The molecular weight excluding hydrogens is 270 g/mol. The van der Waals surface area contributed by atoms with Gasteiger partial charge in [-0.2, -0.15) is 0 Å². The van der Waals surface area contributed by atoms with Gasteiger partial charge in [0.15, 0.2) is 0 Å². The van der Waals surface area contributed by atoms with Crippen molar-refractivity contribution in [2.45, 2.75) is 12.5 Å². The first-order valence-corrected chi connectivity index (χ1v) is 5.72. The third-order valence-electron chi connectivity index (χ3n) is 2.41. The van der Waals surface area contributed by atoms with Crippen molar-refractivity contribution < 1.29 is 5.11 Å².